The average molecular weight is 517 g/mol. The Hall–Kier alpha value is -3.28. The first-order valence-corrected chi connectivity index (χ1v) is 13.1. The zero-order valence-corrected chi connectivity index (χ0v) is 20.9. The van der Waals surface area contributed by atoms with Gasteiger partial charge in [-0.15, -0.1) is 0 Å². The molecule has 2 aliphatic rings. The minimum atomic E-state index is -3.99. The van der Waals surface area contributed by atoms with Crippen LogP contribution in [0.25, 0.3) is 10.9 Å². The Morgan fingerprint density at radius 3 is 2.47 bits per heavy atom. The minimum Gasteiger partial charge on any atom is -0.493 e. The molecule has 1 atom stereocenters. The third kappa shape index (κ3) is 4.73. The Morgan fingerprint density at radius 2 is 1.75 bits per heavy atom. The van der Waals surface area contributed by atoms with Crippen LogP contribution in [0.4, 0.5) is 0 Å². The molecule has 0 aliphatic carbocycles. The molecule has 1 saturated heterocycles. The van der Waals surface area contributed by atoms with Crippen molar-refractivity contribution in [2.45, 2.75) is 30.4 Å². The Bertz CT molecular complexity index is 1430. The molecule has 36 heavy (non-hydrogen) atoms. The lowest BCUT2D eigenvalue weighted by molar-refractivity contribution is 0.0925. The van der Waals surface area contributed by atoms with Crippen molar-refractivity contribution in [1.82, 2.24) is 9.29 Å². The molecule has 0 unspecified atom stereocenters. The molecule has 1 aromatic heterocycles. The van der Waals surface area contributed by atoms with Crippen LogP contribution < -0.4 is 24.5 Å². The van der Waals surface area contributed by atoms with Crippen LogP contribution in [0.2, 0.25) is 0 Å². The van der Waals surface area contributed by atoms with Crippen LogP contribution in [0.5, 0.6) is 23.0 Å². The lowest BCUT2D eigenvalue weighted by atomic mass is 10.1. The van der Waals surface area contributed by atoms with Gasteiger partial charge in [0.05, 0.1) is 30.7 Å². The Kier molecular flexibility index (Phi) is 6.78. The van der Waals surface area contributed by atoms with Crippen LogP contribution in [-0.4, -0.2) is 64.4 Å². The van der Waals surface area contributed by atoms with Gasteiger partial charge in [-0.2, -0.15) is 4.31 Å². The summed E-state index contributed by atoms with van der Waals surface area (Å²) in [4.78, 5) is 15.9. The summed E-state index contributed by atoms with van der Waals surface area (Å²) >= 11 is 0. The van der Waals surface area contributed by atoms with Gasteiger partial charge in [-0.05, 0) is 37.1 Å². The molecular formula is C25H28N2O8S. The maximum absolute atomic E-state index is 13.8. The number of benzene rings is 2. The topological polar surface area (TPSA) is 116 Å². The number of nitrogens with zero attached hydrogens (tertiary/aromatic N) is 1. The molecule has 11 heteroatoms. The van der Waals surface area contributed by atoms with E-state index in [0.29, 0.717) is 59.3 Å². The van der Waals surface area contributed by atoms with Gasteiger partial charge in [0.1, 0.15) is 13.2 Å². The number of sulfonamides is 1. The lowest BCUT2D eigenvalue weighted by Gasteiger charge is -2.26. The standard InChI is InChI=1S/C25H28N2O8S/c1-31-22-11-16-10-17(25(28)26-20(16)13-23(22)32-2)14-27(15-18-4-3-7-33-18)36(29,30)19-5-6-21-24(12-19)35-9-8-34-21/h5-6,10-13,18H,3-4,7-9,14-15H2,1-2H3,(H,26,28)/t18-/m0/s1. The number of ether oxygens (including phenoxy) is 5. The van der Waals surface area contributed by atoms with Crippen LogP contribution in [0.1, 0.15) is 18.4 Å². The molecule has 2 aliphatic heterocycles. The van der Waals surface area contributed by atoms with Crippen molar-refractivity contribution < 1.29 is 32.1 Å². The number of pyridine rings is 1. The number of aromatic nitrogens is 1. The summed E-state index contributed by atoms with van der Waals surface area (Å²) in [6, 6.07) is 9.65. The molecule has 0 spiro atoms. The van der Waals surface area contributed by atoms with E-state index < -0.39 is 10.0 Å². The van der Waals surface area contributed by atoms with Crippen molar-refractivity contribution in [3.8, 4) is 23.0 Å². The first-order chi connectivity index (χ1) is 17.4. The Morgan fingerprint density at radius 1 is 1.00 bits per heavy atom. The number of hydrogen-bond donors (Lipinski definition) is 1. The van der Waals surface area contributed by atoms with Gasteiger partial charge >= 0.3 is 0 Å². The summed E-state index contributed by atoms with van der Waals surface area (Å²) in [5.74, 6) is 1.86. The Balaban J connectivity index is 1.53. The van der Waals surface area contributed by atoms with Crippen molar-refractivity contribution in [2.75, 3.05) is 40.6 Å². The van der Waals surface area contributed by atoms with Gasteiger partial charge in [-0.25, -0.2) is 8.42 Å². The van der Waals surface area contributed by atoms with Crippen LogP contribution in [0.3, 0.4) is 0 Å². The summed E-state index contributed by atoms with van der Waals surface area (Å²) in [6.07, 6.45) is 1.36. The summed E-state index contributed by atoms with van der Waals surface area (Å²) in [5.41, 5.74) is 0.472. The SMILES string of the molecule is COc1cc2cc(CN(C[C@@H]3CCCO3)S(=O)(=O)c3ccc4c(c3)OCCO4)c(=O)[nH]c2cc1OC. The zero-order valence-electron chi connectivity index (χ0n) is 20.1. The molecule has 1 N–H and O–H groups in total. The smallest absolute Gasteiger partial charge is 0.252 e. The first kappa shape index (κ1) is 24.4. The third-order valence-electron chi connectivity index (χ3n) is 6.35. The molecule has 192 valence electrons. The van der Waals surface area contributed by atoms with E-state index in [4.69, 9.17) is 23.7 Å². The fraction of sp³-hybridized carbons (Fsp3) is 0.400. The zero-order chi connectivity index (χ0) is 25.3. The largest absolute Gasteiger partial charge is 0.493 e. The molecule has 0 amide bonds. The summed E-state index contributed by atoms with van der Waals surface area (Å²) in [7, 11) is -0.950. The van der Waals surface area contributed by atoms with Crippen molar-refractivity contribution in [3.63, 3.8) is 0 Å². The summed E-state index contributed by atoms with van der Waals surface area (Å²) < 4.78 is 56.4. The molecular weight excluding hydrogens is 488 g/mol. The number of H-pyrrole nitrogens is 1. The maximum Gasteiger partial charge on any atom is 0.252 e. The first-order valence-electron chi connectivity index (χ1n) is 11.7. The van der Waals surface area contributed by atoms with E-state index in [0.717, 1.165) is 12.8 Å². The molecule has 2 aromatic carbocycles. The van der Waals surface area contributed by atoms with E-state index >= 15 is 0 Å². The highest BCUT2D eigenvalue weighted by atomic mass is 32.2. The predicted octanol–water partition coefficient (Wildman–Crippen LogP) is 2.69. The van der Waals surface area contributed by atoms with Gasteiger partial charge in [0.2, 0.25) is 10.0 Å². The number of rotatable bonds is 8. The molecule has 10 nitrogen and oxygen atoms in total. The fourth-order valence-corrected chi connectivity index (χ4v) is 5.95. The molecule has 3 aromatic rings. The monoisotopic (exact) mass is 516 g/mol. The molecule has 5 rings (SSSR count). The van der Waals surface area contributed by atoms with E-state index in [1.165, 1.54) is 30.7 Å². The van der Waals surface area contributed by atoms with Gasteiger partial charge < -0.3 is 28.7 Å². The van der Waals surface area contributed by atoms with Gasteiger partial charge in [0.25, 0.3) is 5.56 Å². The summed E-state index contributed by atoms with van der Waals surface area (Å²) in [6.45, 7) is 1.33. The molecule has 3 heterocycles. The van der Waals surface area contributed by atoms with Gasteiger partial charge in [0, 0.05) is 42.8 Å². The van der Waals surface area contributed by atoms with Crippen molar-refractivity contribution in [2.24, 2.45) is 0 Å². The highest BCUT2D eigenvalue weighted by Crippen LogP contribution is 2.34. The van der Waals surface area contributed by atoms with Gasteiger partial charge in [-0.1, -0.05) is 0 Å². The lowest BCUT2D eigenvalue weighted by Crippen LogP contribution is -2.38. The predicted molar refractivity (Wildman–Crippen MR) is 132 cm³/mol. The molecule has 0 radical (unpaired) electrons. The van der Waals surface area contributed by atoms with E-state index in [-0.39, 0.29) is 29.6 Å². The highest BCUT2D eigenvalue weighted by molar-refractivity contribution is 7.89. The number of methoxy groups -OCH3 is 2. The van der Waals surface area contributed by atoms with E-state index in [2.05, 4.69) is 4.98 Å². The van der Waals surface area contributed by atoms with E-state index in [9.17, 15) is 13.2 Å². The van der Waals surface area contributed by atoms with Crippen LogP contribution in [0, 0.1) is 0 Å². The number of aromatic amines is 1. The van der Waals surface area contributed by atoms with E-state index in [1.807, 2.05) is 0 Å². The van der Waals surface area contributed by atoms with Gasteiger partial charge in [0.15, 0.2) is 23.0 Å². The van der Waals surface area contributed by atoms with Crippen LogP contribution in [0.15, 0.2) is 46.1 Å². The maximum atomic E-state index is 13.8. The number of fused-ring (bicyclic) bond motifs is 2. The Labute approximate surface area is 208 Å². The van der Waals surface area contributed by atoms with Gasteiger partial charge in [-0.3, -0.25) is 4.79 Å². The average Bonchev–Trinajstić information content (AvgIpc) is 3.41. The van der Waals surface area contributed by atoms with Crippen molar-refractivity contribution in [3.05, 3.63) is 52.3 Å². The third-order valence-corrected chi connectivity index (χ3v) is 8.16. The number of nitrogens with one attached hydrogen (secondary N) is 1. The number of hydrogen-bond acceptors (Lipinski definition) is 8. The van der Waals surface area contributed by atoms with Crippen molar-refractivity contribution >= 4 is 20.9 Å². The molecule has 0 saturated carbocycles. The second-order valence-electron chi connectivity index (χ2n) is 8.66. The molecule has 0 bridgehead atoms. The van der Waals surface area contributed by atoms with E-state index in [1.54, 1.807) is 24.3 Å². The minimum absolute atomic E-state index is 0.0633. The quantitative estimate of drug-likeness (QED) is 0.486. The molecule has 1 fully saturated rings. The second-order valence-corrected chi connectivity index (χ2v) is 10.6. The second kappa shape index (κ2) is 10.00. The van der Waals surface area contributed by atoms with Crippen LogP contribution in [-0.2, 0) is 21.3 Å². The normalized spacial score (nSPS) is 17.5. The fourth-order valence-electron chi connectivity index (χ4n) is 4.48. The van der Waals surface area contributed by atoms with Crippen molar-refractivity contribution in [1.29, 1.82) is 0 Å². The highest BCUT2D eigenvalue weighted by Gasteiger charge is 2.31. The summed E-state index contributed by atoms with van der Waals surface area (Å²) in [5, 5.41) is 0.691. The van der Waals surface area contributed by atoms with Crippen LogP contribution >= 0.6 is 0 Å².